The Morgan fingerprint density at radius 2 is 2.14 bits per heavy atom. The summed E-state index contributed by atoms with van der Waals surface area (Å²) in [6.07, 6.45) is 3.73. The van der Waals surface area contributed by atoms with E-state index in [0.717, 1.165) is 38.5 Å². The van der Waals surface area contributed by atoms with Crippen LogP contribution in [0.5, 0.6) is 0 Å². The van der Waals surface area contributed by atoms with Gasteiger partial charge in [0.25, 0.3) is 0 Å². The van der Waals surface area contributed by atoms with E-state index in [1.54, 1.807) is 0 Å². The van der Waals surface area contributed by atoms with Gasteiger partial charge in [-0.2, -0.15) is 5.26 Å². The largest absolute Gasteiger partial charge is 0.314 e. The van der Waals surface area contributed by atoms with E-state index in [1.807, 2.05) is 0 Å². The topological polar surface area (TPSA) is 39.1 Å². The van der Waals surface area contributed by atoms with E-state index in [0.29, 0.717) is 5.92 Å². The molecule has 2 aliphatic carbocycles. The van der Waals surface area contributed by atoms with Crippen LogP contribution in [0.1, 0.15) is 19.3 Å². The number of nitriles is 1. The van der Waals surface area contributed by atoms with Gasteiger partial charge >= 0.3 is 0 Å². The van der Waals surface area contributed by atoms with Crippen molar-refractivity contribution in [2.45, 2.75) is 24.8 Å². The van der Waals surface area contributed by atoms with Gasteiger partial charge in [0.1, 0.15) is 5.54 Å². The zero-order valence-corrected chi connectivity index (χ0v) is 8.50. The zero-order chi connectivity index (χ0) is 9.60. The van der Waals surface area contributed by atoms with Gasteiger partial charge in [0.2, 0.25) is 0 Å². The van der Waals surface area contributed by atoms with Crippen LogP contribution in [0, 0.1) is 23.2 Å². The monoisotopic (exact) mass is 191 g/mol. The third-order valence-corrected chi connectivity index (χ3v) is 4.31. The maximum absolute atomic E-state index is 9.45. The summed E-state index contributed by atoms with van der Waals surface area (Å²) >= 11 is 0. The second kappa shape index (κ2) is 2.95. The number of piperazine rings is 1. The summed E-state index contributed by atoms with van der Waals surface area (Å²) in [4.78, 5) is 2.45. The molecule has 1 saturated heterocycles. The van der Waals surface area contributed by atoms with Crippen molar-refractivity contribution >= 4 is 0 Å². The minimum Gasteiger partial charge on any atom is -0.314 e. The lowest BCUT2D eigenvalue weighted by Crippen LogP contribution is -2.55. The summed E-state index contributed by atoms with van der Waals surface area (Å²) in [7, 11) is 0. The zero-order valence-electron chi connectivity index (χ0n) is 8.50. The summed E-state index contributed by atoms with van der Waals surface area (Å²) in [6, 6.07) is 2.64. The fraction of sp³-hybridized carbons (Fsp3) is 0.909. The molecule has 3 heteroatoms. The molecule has 1 heterocycles. The fourth-order valence-corrected chi connectivity index (χ4v) is 3.41. The molecule has 2 saturated carbocycles. The molecule has 0 bridgehead atoms. The van der Waals surface area contributed by atoms with Gasteiger partial charge in [-0.25, -0.2) is 0 Å². The predicted molar refractivity (Wildman–Crippen MR) is 53.6 cm³/mol. The molecule has 76 valence electrons. The quantitative estimate of drug-likeness (QED) is 0.659. The smallest absolute Gasteiger partial charge is 0.112 e. The van der Waals surface area contributed by atoms with E-state index < -0.39 is 0 Å². The highest BCUT2D eigenvalue weighted by atomic mass is 15.3. The van der Waals surface area contributed by atoms with Crippen molar-refractivity contribution in [3.05, 3.63) is 0 Å². The Morgan fingerprint density at radius 1 is 1.36 bits per heavy atom. The summed E-state index contributed by atoms with van der Waals surface area (Å²) in [5.41, 5.74) is -0.0627. The molecule has 3 nitrogen and oxygen atoms in total. The molecule has 0 radical (unpaired) electrons. The lowest BCUT2D eigenvalue weighted by atomic mass is 9.92. The Bertz CT molecular complexity index is 277. The molecule has 0 aromatic rings. The van der Waals surface area contributed by atoms with Crippen LogP contribution in [0.3, 0.4) is 0 Å². The van der Waals surface area contributed by atoms with E-state index in [9.17, 15) is 5.26 Å². The first-order chi connectivity index (χ1) is 6.87. The maximum atomic E-state index is 9.45. The van der Waals surface area contributed by atoms with Crippen molar-refractivity contribution in [1.29, 1.82) is 5.26 Å². The molecule has 14 heavy (non-hydrogen) atoms. The number of hydrogen-bond donors (Lipinski definition) is 1. The number of nitrogens with one attached hydrogen (secondary N) is 1. The molecular weight excluding hydrogens is 174 g/mol. The Hall–Kier alpha value is -0.590. The SMILES string of the molecule is N#CC1(N2CCNCC2)CCC2CC21. The van der Waals surface area contributed by atoms with Crippen LogP contribution < -0.4 is 5.32 Å². The highest BCUT2D eigenvalue weighted by Gasteiger charge is 2.60. The van der Waals surface area contributed by atoms with Gasteiger partial charge < -0.3 is 5.32 Å². The molecule has 1 N–H and O–H groups in total. The van der Waals surface area contributed by atoms with Gasteiger partial charge in [0.05, 0.1) is 6.07 Å². The van der Waals surface area contributed by atoms with Gasteiger partial charge in [-0.05, 0) is 31.1 Å². The van der Waals surface area contributed by atoms with Crippen molar-refractivity contribution < 1.29 is 0 Å². The number of hydrogen-bond acceptors (Lipinski definition) is 3. The Labute approximate surface area is 85.1 Å². The third-order valence-electron chi connectivity index (χ3n) is 4.31. The van der Waals surface area contributed by atoms with Gasteiger partial charge in [-0.15, -0.1) is 0 Å². The second-order valence-corrected chi connectivity index (χ2v) is 4.91. The molecule has 0 spiro atoms. The van der Waals surface area contributed by atoms with Gasteiger partial charge in [-0.3, -0.25) is 4.90 Å². The predicted octanol–water partition coefficient (Wildman–Crippen LogP) is 0.584. The highest BCUT2D eigenvalue weighted by molar-refractivity contribution is 5.23. The van der Waals surface area contributed by atoms with Crippen LogP contribution in [0.15, 0.2) is 0 Å². The summed E-state index contributed by atoms with van der Waals surface area (Å²) in [6.45, 7) is 4.25. The average molecular weight is 191 g/mol. The lowest BCUT2D eigenvalue weighted by Gasteiger charge is -2.40. The highest BCUT2D eigenvalue weighted by Crippen LogP contribution is 2.59. The summed E-state index contributed by atoms with van der Waals surface area (Å²) in [5, 5.41) is 12.8. The van der Waals surface area contributed by atoms with Crippen molar-refractivity contribution in [3.63, 3.8) is 0 Å². The Kier molecular flexibility index (Phi) is 1.83. The normalized spacial score (nSPS) is 47.1. The molecule has 3 atom stereocenters. The van der Waals surface area contributed by atoms with Crippen molar-refractivity contribution in [2.24, 2.45) is 11.8 Å². The van der Waals surface area contributed by atoms with Gasteiger partial charge in [-0.1, -0.05) is 0 Å². The molecule has 3 fully saturated rings. The van der Waals surface area contributed by atoms with Crippen LogP contribution >= 0.6 is 0 Å². The molecule has 1 aliphatic heterocycles. The Morgan fingerprint density at radius 3 is 2.64 bits per heavy atom. The van der Waals surface area contributed by atoms with Crippen molar-refractivity contribution in [1.82, 2.24) is 10.2 Å². The standard InChI is InChI=1S/C11H17N3/c12-8-11(2-1-9-7-10(9)11)14-5-3-13-4-6-14/h9-10,13H,1-7H2. The van der Waals surface area contributed by atoms with E-state index in [4.69, 9.17) is 0 Å². The second-order valence-electron chi connectivity index (χ2n) is 4.91. The molecule has 3 unspecified atom stereocenters. The lowest BCUT2D eigenvalue weighted by molar-refractivity contribution is 0.105. The number of fused-ring (bicyclic) bond motifs is 1. The first-order valence-corrected chi connectivity index (χ1v) is 5.74. The van der Waals surface area contributed by atoms with E-state index in [1.165, 1.54) is 12.8 Å². The van der Waals surface area contributed by atoms with Crippen LogP contribution in [0.2, 0.25) is 0 Å². The molecule has 0 aromatic heterocycles. The molecular formula is C11H17N3. The maximum Gasteiger partial charge on any atom is 0.112 e. The first kappa shape index (κ1) is 8.70. The van der Waals surface area contributed by atoms with Crippen LogP contribution in [0.25, 0.3) is 0 Å². The van der Waals surface area contributed by atoms with E-state index in [-0.39, 0.29) is 5.54 Å². The van der Waals surface area contributed by atoms with Gasteiger partial charge in [0, 0.05) is 26.2 Å². The number of rotatable bonds is 1. The molecule has 0 aromatic carbocycles. The minimum atomic E-state index is -0.0627. The average Bonchev–Trinajstić information content (AvgIpc) is 2.95. The summed E-state index contributed by atoms with van der Waals surface area (Å²) < 4.78 is 0. The van der Waals surface area contributed by atoms with Crippen molar-refractivity contribution in [3.8, 4) is 6.07 Å². The van der Waals surface area contributed by atoms with Crippen molar-refractivity contribution in [2.75, 3.05) is 26.2 Å². The Balaban J connectivity index is 1.82. The van der Waals surface area contributed by atoms with Gasteiger partial charge in [0.15, 0.2) is 0 Å². The van der Waals surface area contributed by atoms with Crippen LogP contribution in [0.4, 0.5) is 0 Å². The number of nitrogens with zero attached hydrogens (tertiary/aromatic N) is 2. The molecule has 3 aliphatic rings. The third kappa shape index (κ3) is 1.04. The molecule has 3 rings (SSSR count). The summed E-state index contributed by atoms with van der Waals surface area (Å²) in [5.74, 6) is 1.61. The van der Waals surface area contributed by atoms with E-state index >= 15 is 0 Å². The van der Waals surface area contributed by atoms with Crippen LogP contribution in [-0.2, 0) is 0 Å². The minimum absolute atomic E-state index is 0.0627. The molecule has 0 amide bonds. The fourth-order valence-electron chi connectivity index (χ4n) is 3.41. The first-order valence-electron chi connectivity index (χ1n) is 5.74. The van der Waals surface area contributed by atoms with E-state index in [2.05, 4.69) is 16.3 Å². The van der Waals surface area contributed by atoms with Crippen LogP contribution in [-0.4, -0.2) is 36.6 Å².